The number of sulfonamides is 1. The number of esters is 1. The van der Waals surface area contributed by atoms with Crippen LogP contribution in [0.25, 0.3) is 0 Å². The summed E-state index contributed by atoms with van der Waals surface area (Å²) in [5.74, 6) is 5.55. The third-order valence-electron chi connectivity index (χ3n) is 5.11. The van der Waals surface area contributed by atoms with Gasteiger partial charge < -0.3 is 4.74 Å². The first-order valence-corrected chi connectivity index (χ1v) is 11.0. The van der Waals surface area contributed by atoms with Crippen LogP contribution in [-0.2, 0) is 19.6 Å². The number of hydrogen-bond donors (Lipinski definition) is 1. The van der Waals surface area contributed by atoms with E-state index in [2.05, 4.69) is 21.3 Å². The molecule has 1 aromatic carbocycles. The lowest BCUT2D eigenvalue weighted by Gasteiger charge is -2.33. The molecule has 1 N–H and O–H groups in total. The van der Waals surface area contributed by atoms with E-state index in [1.54, 1.807) is 24.3 Å². The summed E-state index contributed by atoms with van der Waals surface area (Å²) in [4.78, 5) is 11.5. The highest BCUT2D eigenvalue weighted by Gasteiger charge is 2.31. The Hall–Kier alpha value is -1.84. The van der Waals surface area contributed by atoms with E-state index in [-0.39, 0.29) is 35.2 Å². The molecule has 2 rings (SSSR count). The van der Waals surface area contributed by atoms with E-state index >= 15 is 0 Å². The van der Waals surface area contributed by atoms with Gasteiger partial charge in [-0.15, -0.1) is 0 Å². The fourth-order valence-electron chi connectivity index (χ4n) is 3.51. The largest absolute Gasteiger partial charge is 0.468 e. The molecule has 1 fully saturated rings. The number of nitrogens with one attached hydrogen (secondary N) is 1. The van der Waals surface area contributed by atoms with Crippen molar-refractivity contribution in [1.82, 2.24) is 4.72 Å². The van der Waals surface area contributed by atoms with Crippen LogP contribution in [0.2, 0.25) is 0 Å². The highest BCUT2D eigenvalue weighted by molar-refractivity contribution is 7.89. The van der Waals surface area contributed by atoms with E-state index in [1.165, 1.54) is 13.5 Å². The van der Waals surface area contributed by atoms with Crippen LogP contribution in [-0.4, -0.2) is 27.5 Å². The minimum absolute atomic E-state index is 0.0168. The molecule has 148 valence electrons. The van der Waals surface area contributed by atoms with Crippen LogP contribution in [0.5, 0.6) is 0 Å². The quantitative estimate of drug-likeness (QED) is 0.596. The summed E-state index contributed by atoms with van der Waals surface area (Å²) in [6.07, 6.45) is 5.40. The van der Waals surface area contributed by atoms with E-state index in [0.717, 1.165) is 31.2 Å². The number of ether oxygens (including phenoxy) is 1. The second-order valence-corrected chi connectivity index (χ2v) is 8.93. The number of carbonyl (C=O) groups is 1. The van der Waals surface area contributed by atoms with Crippen LogP contribution >= 0.6 is 0 Å². The van der Waals surface area contributed by atoms with E-state index in [0.29, 0.717) is 0 Å². The van der Waals surface area contributed by atoms with Crippen LogP contribution in [0.15, 0.2) is 29.2 Å². The molecule has 0 aromatic heterocycles. The Balaban J connectivity index is 2.21. The second kappa shape index (κ2) is 9.91. The van der Waals surface area contributed by atoms with Crippen molar-refractivity contribution in [3.63, 3.8) is 0 Å². The van der Waals surface area contributed by atoms with Gasteiger partial charge in [-0.05, 0) is 44.7 Å². The lowest BCUT2D eigenvalue weighted by Crippen LogP contribution is -2.44. The fraction of sp³-hybridized carbons (Fsp3) is 0.571. The van der Waals surface area contributed by atoms with Crippen molar-refractivity contribution < 1.29 is 17.9 Å². The lowest BCUT2D eigenvalue weighted by atomic mass is 9.80. The number of methoxy groups -OCH3 is 1. The Kier molecular flexibility index (Phi) is 7.88. The zero-order chi connectivity index (χ0) is 19.9. The number of rotatable bonds is 6. The Morgan fingerprint density at radius 2 is 1.85 bits per heavy atom. The number of benzene rings is 1. The van der Waals surface area contributed by atoms with Gasteiger partial charge in [-0.3, -0.25) is 4.79 Å². The molecular formula is C21H29NO4S. The van der Waals surface area contributed by atoms with Gasteiger partial charge in [0.05, 0.1) is 12.0 Å². The maximum Gasteiger partial charge on any atom is 0.317 e. The third-order valence-corrected chi connectivity index (χ3v) is 6.58. The third kappa shape index (κ3) is 6.37. The van der Waals surface area contributed by atoms with Gasteiger partial charge in [0.25, 0.3) is 0 Å². The molecular weight excluding hydrogens is 362 g/mol. The predicted octanol–water partition coefficient (Wildman–Crippen LogP) is 3.42. The predicted molar refractivity (Wildman–Crippen MR) is 105 cm³/mol. The van der Waals surface area contributed by atoms with Gasteiger partial charge in [0.1, 0.15) is 6.42 Å². The first kappa shape index (κ1) is 21.5. The molecule has 2 atom stereocenters. The van der Waals surface area contributed by atoms with Crippen molar-refractivity contribution in [3.05, 3.63) is 29.8 Å². The van der Waals surface area contributed by atoms with Crippen LogP contribution in [0, 0.1) is 30.6 Å². The summed E-state index contributed by atoms with van der Waals surface area (Å²) in [7, 11) is -2.30. The van der Waals surface area contributed by atoms with Crippen molar-refractivity contribution in [2.24, 2.45) is 11.8 Å². The molecule has 6 heteroatoms. The summed E-state index contributed by atoms with van der Waals surface area (Å²) in [6.45, 7) is 3.84. The first-order valence-electron chi connectivity index (χ1n) is 9.47. The second-order valence-electron chi connectivity index (χ2n) is 7.22. The van der Waals surface area contributed by atoms with Gasteiger partial charge in [-0.1, -0.05) is 48.8 Å². The molecule has 0 spiro atoms. The van der Waals surface area contributed by atoms with Crippen molar-refractivity contribution in [1.29, 1.82) is 0 Å². The average Bonchev–Trinajstić information content (AvgIpc) is 2.67. The maximum absolute atomic E-state index is 12.9. The number of hydrogen-bond acceptors (Lipinski definition) is 4. The van der Waals surface area contributed by atoms with Crippen molar-refractivity contribution in [2.45, 2.75) is 63.3 Å². The van der Waals surface area contributed by atoms with Crippen LogP contribution in [0.3, 0.4) is 0 Å². The SMILES string of the molecule is COC(=O)CC#C[C@H](C)[C@@H](NS(=O)(=O)c1ccc(C)cc1)C1CCCCC1. The molecule has 1 aliphatic rings. The summed E-state index contributed by atoms with van der Waals surface area (Å²) in [5.41, 5.74) is 1.01. The number of aryl methyl sites for hydroxylation is 1. The molecule has 0 bridgehead atoms. The summed E-state index contributed by atoms with van der Waals surface area (Å²) < 4.78 is 33.3. The molecule has 1 aliphatic carbocycles. The van der Waals surface area contributed by atoms with Crippen LogP contribution in [0.1, 0.15) is 51.0 Å². The number of carbonyl (C=O) groups excluding carboxylic acids is 1. The normalized spacial score (nSPS) is 17.4. The van der Waals surface area contributed by atoms with Crippen molar-refractivity contribution in [2.75, 3.05) is 7.11 Å². The highest BCUT2D eigenvalue weighted by Crippen LogP contribution is 2.30. The molecule has 1 aromatic rings. The minimum Gasteiger partial charge on any atom is -0.468 e. The molecule has 5 nitrogen and oxygen atoms in total. The Morgan fingerprint density at radius 1 is 1.22 bits per heavy atom. The lowest BCUT2D eigenvalue weighted by molar-refractivity contribution is -0.139. The zero-order valence-corrected chi connectivity index (χ0v) is 17.1. The van der Waals surface area contributed by atoms with E-state index in [1.807, 2.05) is 13.8 Å². The zero-order valence-electron chi connectivity index (χ0n) is 16.3. The summed E-state index contributed by atoms with van der Waals surface area (Å²) in [6, 6.07) is 6.57. The molecule has 0 radical (unpaired) electrons. The molecule has 0 aliphatic heterocycles. The maximum atomic E-state index is 12.9. The van der Waals surface area contributed by atoms with Gasteiger partial charge in [0, 0.05) is 12.0 Å². The Labute approximate surface area is 162 Å². The molecule has 27 heavy (non-hydrogen) atoms. The summed E-state index contributed by atoms with van der Waals surface area (Å²) >= 11 is 0. The first-order chi connectivity index (χ1) is 12.8. The van der Waals surface area contributed by atoms with Crippen molar-refractivity contribution in [3.8, 4) is 11.8 Å². The average molecular weight is 392 g/mol. The van der Waals surface area contributed by atoms with E-state index in [9.17, 15) is 13.2 Å². The smallest absolute Gasteiger partial charge is 0.317 e. The van der Waals surface area contributed by atoms with E-state index < -0.39 is 10.0 Å². The Morgan fingerprint density at radius 3 is 2.44 bits per heavy atom. The standard InChI is InChI=1S/C21H29NO4S/c1-16-12-14-19(15-13-16)27(24,25)22-21(18-9-5-4-6-10-18)17(2)8-7-11-20(23)26-3/h12-15,17-18,21-22H,4-6,9-11H2,1-3H3/t17-,21+/m0/s1. The minimum atomic E-state index is -3.63. The molecule has 0 heterocycles. The van der Waals surface area contributed by atoms with Crippen molar-refractivity contribution >= 4 is 16.0 Å². The summed E-state index contributed by atoms with van der Waals surface area (Å²) in [5, 5.41) is 0. The highest BCUT2D eigenvalue weighted by atomic mass is 32.2. The topological polar surface area (TPSA) is 72.5 Å². The van der Waals surface area contributed by atoms with Crippen LogP contribution in [0.4, 0.5) is 0 Å². The van der Waals surface area contributed by atoms with E-state index in [4.69, 9.17) is 0 Å². The van der Waals surface area contributed by atoms with Gasteiger partial charge in [-0.2, -0.15) is 0 Å². The Bertz CT molecular complexity index is 784. The van der Waals surface area contributed by atoms with Gasteiger partial charge in [0.2, 0.25) is 10.0 Å². The fourth-order valence-corrected chi connectivity index (χ4v) is 4.90. The molecule has 1 saturated carbocycles. The van der Waals surface area contributed by atoms with Crippen LogP contribution < -0.4 is 4.72 Å². The van der Waals surface area contributed by atoms with Gasteiger partial charge >= 0.3 is 5.97 Å². The monoisotopic (exact) mass is 391 g/mol. The van der Waals surface area contributed by atoms with Gasteiger partial charge in [0.15, 0.2) is 0 Å². The molecule has 0 unspecified atom stereocenters. The molecule has 0 saturated heterocycles. The van der Waals surface area contributed by atoms with Gasteiger partial charge in [-0.25, -0.2) is 13.1 Å². The molecule has 0 amide bonds.